The number of carbonyl (C=O) groups excluding carboxylic acids is 2. The summed E-state index contributed by atoms with van der Waals surface area (Å²) in [6.45, 7) is 3.20. The molecule has 0 aromatic heterocycles. The van der Waals surface area contributed by atoms with Crippen molar-refractivity contribution in [3.63, 3.8) is 0 Å². The van der Waals surface area contributed by atoms with Gasteiger partial charge in [-0.1, -0.05) is 35.4 Å². The molecule has 0 radical (unpaired) electrons. The van der Waals surface area contributed by atoms with Crippen LogP contribution in [0.3, 0.4) is 0 Å². The summed E-state index contributed by atoms with van der Waals surface area (Å²) >= 11 is 0. The maximum atomic E-state index is 13.5. The van der Waals surface area contributed by atoms with E-state index in [2.05, 4.69) is 15.8 Å². The Bertz CT molecular complexity index is 1670. The lowest BCUT2D eigenvalue weighted by Crippen LogP contribution is -2.39. The number of hydrogen-bond acceptors (Lipinski definition) is 7. The fourth-order valence-electron chi connectivity index (χ4n) is 3.88. The maximum absolute atomic E-state index is 13.5. The number of nitrogens with one attached hydrogen (secondary N) is 2. The molecule has 2 N–H and O–H groups in total. The van der Waals surface area contributed by atoms with E-state index in [4.69, 9.17) is 9.47 Å². The Balaban J connectivity index is 1.35. The molecule has 0 spiro atoms. The molecule has 0 aliphatic heterocycles. The quantitative estimate of drug-likeness (QED) is 0.180. The zero-order chi connectivity index (χ0) is 30.8. The smallest absolute Gasteiger partial charge is 0.264 e. The van der Waals surface area contributed by atoms with Crippen molar-refractivity contribution in [1.29, 1.82) is 0 Å². The second-order valence-corrected chi connectivity index (χ2v) is 11.5. The Kier molecular flexibility index (Phi) is 10.1. The van der Waals surface area contributed by atoms with Gasteiger partial charge in [0.25, 0.3) is 21.8 Å². The Morgan fingerprint density at radius 1 is 0.791 bits per heavy atom. The van der Waals surface area contributed by atoms with E-state index in [9.17, 15) is 18.0 Å². The van der Waals surface area contributed by atoms with Crippen molar-refractivity contribution in [2.24, 2.45) is 5.10 Å². The SMILES string of the molecule is COc1ccc(S(=O)(=O)N(CC(=O)N/N=C\c2ccc(OCC(=O)Nc3ccc(C)cc3)cc2)c2ccc(C)cc2)cc1. The van der Waals surface area contributed by atoms with Gasteiger partial charge in [0.05, 0.1) is 23.9 Å². The van der Waals surface area contributed by atoms with E-state index in [0.29, 0.717) is 28.4 Å². The van der Waals surface area contributed by atoms with Crippen LogP contribution in [0.2, 0.25) is 0 Å². The van der Waals surface area contributed by atoms with Gasteiger partial charge in [-0.05, 0) is 92.2 Å². The Hall–Kier alpha value is -5.16. The number of ether oxygens (including phenoxy) is 2. The number of nitrogens with zero attached hydrogens (tertiary/aromatic N) is 2. The van der Waals surface area contributed by atoms with Gasteiger partial charge in [-0.25, -0.2) is 13.8 Å². The lowest BCUT2D eigenvalue weighted by molar-refractivity contribution is -0.119. The first kappa shape index (κ1) is 30.8. The second kappa shape index (κ2) is 14.1. The number of aryl methyl sites for hydroxylation is 2. The summed E-state index contributed by atoms with van der Waals surface area (Å²) in [4.78, 5) is 25.0. The van der Waals surface area contributed by atoms with Crippen LogP contribution in [0.25, 0.3) is 0 Å². The van der Waals surface area contributed by atoms with Crippen LogP contribution < -0.4 is 24.5 Å². The lowest BCUT2D eigenvalue weighted by atomic mass is 10.2. The van der Waals surface area contributed by atoms with Crippen molar-refractivity contribution in [2.45, 2.75) is 18.7 Å². The molecule has 0 atom stereocenters. The van der Waals surface area contributed by atoms with Crippen LogP contribution in [-0.2, 0) is 19.6 Å². The molecule has 0 unspecified atom stereocenters. The molecule has 11 heteroatoms. The zero-order valence-electron chi connectivity index (χ0n) is 24.0. The molecule has 0 fully saturated rings. The third kappa shape index (κ3) is 8.66. The average Bonchev–Trinajstić information content (AvgIpc) is 3.01. The summed E-state index contributed by atoms with van der Waals surface area (Å²) < 4.78 is 38.7. The van der Waals surface area contributed by atoms with E-state index in [1.54, 1.807) is 60.7 Å². The molecule has 10 nitrogen and oxygen atoms in total. The Labute approximate surface area is 251 Å². The minimum atomic E-state index is -4.08. The van der Waals surface area contributed by atoms with Crippen molar-refractivity contribution in [3.8, 4) is 11.5 Å². The highest BCUT2D eigenvalue weighted by molar-refractivity contribution is 7.92. The van der Waals surface area contributed by atoms with Gasteiger partial charge < -0.3 is 14.8 Å². The van der Waals surface area contributed by atoms with E-state index in [0.717, 1.165) is 15.4 Å². The predicted molar refractivity (Wildman–Crippen MR) is 166 cm³/mol. The molecule has 222 valence electrons. The molecule has 43 heavy (non-hydrogen) atoms. The number of methoxy groups -OCH3 is 1. The summed E-state index contributed by atoms with van der Waals surface area (Å²) in [5, 5.41) is 6.74. The van der Waals surface area contributed by atoms with Crippen LogP contribution in [0.5, 0.6) is 11.5 Å². The highest BCUT2D eigenvalue weighted by Crippen LogP contribution is 2.25. The van der Waals surface area contributed by atoms with Gasteiger partial charge in [0, 0.05) is 5.69 Å². The number of hydrazone groups is 1. The molecule has 0 heterocycles. The van der Waals surface area contributed by atoms with E-state index in [1.165, 1.54) is 25.5 Å². The zero-order valence-corrected chi connectivity index (χ0v) is 24.8. The average molecular weight is 601 g/mol. The lowest BCUT2D eigenvalue weighted by Gasteiger charge is -2.24. The van der Waals surface area contributed by atoms with Crippen LogP contribution in [-0.4, -0.2) is 46.7 Å². The van der Waals surface area contributed by atoms with Crippen molar-refractivity contribution < 1.29 is 27.5 Å². The molecule has 0 bridgehead atoms. The number of rotatable bonds is 12. The molecular formula is C32H32N4O6S. The molecule has 0 saturated heterocycles. The summed E-state index contributed by atoms with van der Waals surface area (Å²) in [7, 11) is -2.59. The summed E-state index contributed by atoms with van der Waals surface area (Å²) in [6, 6.07) is 27.0. The van der Waals surface area contributed by atoms with Crippen molar-refractivity contribution in [3.05, 3.63) is 114 Å². The Morgan fingerprint density at radius 2 is 1.37 bits per heavy atom. The highest BCUT2D eigenvalue weighted by atomic mass is 32.2. The molecular weight excluding hydrogens is 568 g/mol. The van der Waals surface area contributed by atoms with Crippen molar-refractivity contribution in [1.82, 2.24) is 5.43 Å². The third-order valence-electron chi connectivity index (χ3n) is 6.24. The van der Waals surface area contributed by atoms with Crippen LogP contribution in [0.15, 0.2) is 107 Å². The van der Waals surface area contributed by atoms with E-state index in [-0.39, 0.29) is 17.4 Å². The minimum absolute atomic E-state index is 0.0140. The topological polar surface area (TPSA) is 126 Å². The summed E-state index contributed by atoms with van der Waals surface area (Å²) in [5.74, 6) is 0.0770. The first-order valence-corrected chi connectivity index (χ1v) is 14.7. The highest BCUT2D eigenvalue weighted by Gasteiger charge is 2.27. The van der Waals surface area contributed by atoms with Gasteiger partial charge in [-0.15, -0.1) is 0 Å². The van der Waals surface area contributed by atoms with Gasteiger partial charge in [-0.2, -0.15) is 5.10 Å². The minimum Gasteiger partial charge on any atom is -0.497 e. The summed E-state index contributed by atoms with van der Waals surface area (Å²) in [6.07, 6.45) is 1.42. The maximum Gasteiger partial charge on any atom is 0.264 e. The molecule has 4 aromatic rings. The monoisotopic (exact) mass is 600 g/mol. The number of carbonyl (C=O) groups is 2. The van der Waals surface area contributed by atoms with Gasteiger partial charge in [0.1, 0.15) is 18.0 Å². The van der Waals surface area contributed by atoms with Gasteiger partial charge in [-0.3, -0.25) is 13.9 Å². The van der Waals surface area contributed by atoms with Crippen LogP contribution in [0.1, 0.15) is 16.7 Å². The van der Waals surface area contributed by atoms with Gasteiger partial charge in [0.2, 0.25) is 0 Å². The van der Waals surface area contributed by atoms with Crippen molar-refractivity contribution in [2.75, 3.05) is 29.9 Å². The number of hydrogen-bond donors (Lipinski definition) is 2. The fourth-order valence-corrected chi connectivity index (χ4v) is 5.30. The van der Waals surface area contributed by atoms with E-state index >= 15 is 0 Å². The molecule has 4 aromatic carbocycles. The normalized spacial score (nSPS) is 11.1. The second-order valence-electron chi connectivity index (χ2n) is 9.59. The first-order chi connectivity index (χ1) is 20.6. The number of anilines is 2. The van der Waals surface area contributed by atoms with E-state index in [1.807, 2.05) is 38.1 Å². The fraction of sp³-hybridized carbons (Fsp3) is 0.156. The molecule has 4 rings (SSSR count). The predicted octanol–water partition coefficient (Wildman–Crippen LogP) is 4.68. The van der Waals surface area contributed by atoms with Crippen molar-refractivity contribution >= 4 is 39.4 Å². The largest absolute Gasteiger partial charge is 0.497 e. The van der Waals surface area contributed by atoms with Crippen LogP contribution >= 0.6 is 0 Å². The van der Waals surface area contributed by atoms with Gasteiger partial charge >= 0.3 is 0 Å². The van der Waals surface area contributed by atoms with E-state index < -0.39 is 22.5 Å². The number of amides is 2. The standard InChI is InChI=1S/C32H32N4O6S/c1-23-4-10-26(11-5-23)34-32(38)22-42-29-14-8-25(9-15-29)20-33-35-31(37)21-36(27-12-6-24(2)7-13-27)43(39,40)30-18-16-28(41-3)17-19-30/h4-20H,21-22H2,1-3H3,(H,34,38)(H,35,37)/b33-20-. The number of benzene rings is 4. The number of sulfonamides is 1. The molecule has 0 aliphatic carbocycles. The Morgan fingerprint density at radius 3 is 1.98 bits per heavy atom. The first-order valence-electron chi connectivity index (χ1n) is 13.3. The van der Waals surface area contributed by atoms with Crippen LogP contribution in [0, 0.1) is 13.8 Å². The molecule has 2 amide bonds. The van der Waals surface area contributed by atoms with Crippen LogP contribution in [0.4, 0.5) is 11.4 Å². The third-order valence-corrected chi connectivity index (χ3v) is 8.03. The molecule has 0 saturated carbocycles. The van der Waals surface area contributed by atoms with Gasteiger partial charge in [0.15, 0.2) is 6.61 Å². The summed E-state index contributed by atoms with van der Waals surface area (Å²) in [5.41, 5.74) is 6.10. The molecule has 0 aliphatic rings.